The second-order valence-electron chi connectivity index (χ2n) is 9.15. The number of aromatic nitrogens is 6. The second-order valence-corrected chi connectivity index (χ2v) is 9.15. The summed E-state index contributed by atoms with van der Waals surface area (Å²) >= 11 is 0. The molecule has 0 radical (unpaired) electrons. The number of fused-ring (bicyclic) bond motifs is 1. The molecule has 0 spiro atoms. The first-order valence-corrected chi connectivity index (χ1v) is 12.6. The number of rotatable bonds is 7. The number of nitrogens with one attached hydrogen (secondary N) is 1. The van der Waals surface area contributed by atoms with E-state index in [1.165, 1.54) is 12.5 Å². The van der Waals surface area contributed by atoms with Gasteiger partial charge >= 0.3 is 0 Å². The largest absolute Gasteiger partial charge is 0.378 e. The number of carbonyl (C=O) groups excluding carboxylic acids is 1. The Bertz CT molecular complexity index is 1510. The molecule has 2 aliphatic heterocycles. The fourth-order valence-corrected chi connectivity index (χ4v) is 4.30. The molecule has 0 aromatic carbocycles. The minimum Gasteiger partial charge on any atom is -0.378 e. The van der Waals surface area contributed by atoms with Gasteiger partial charge in [-0.2, -0.15) is 0 Å². The van der Waals surface area contributed by atoms with E-state index in [2.05, 4.69) is 25.9 Å². The zero-order valence-corrected chi connectivity index (χ0v) is 21.8. The number of carbonyl (C=O) groups is 1. The third-order valence-electron chi connectivity index (χ3n) is 6.42. The van der Waals surface area contributed by atoms with Gasteiger partial charge in [0.1, 0.15) is 12.2 Å². The molecule has 1 fully saturated rings. The average molecular weight is 528 g/mol. The number of nitrogens with zero attached hydrogens (tertiary/aromatic N) is 8. The molecule has 2 aliphatic rings. The van der Waals surface area contributed by atoms with Gasteiger partial charge in [-0.1, -0.05) is 23.8 Å². The number of hydroxylamine groups is 1. The molecule has 12 nitrogen and oxygen atoms in total. The molecule has 0 unspecified atom stereocenters. The lowest BCUT2D eigenvalue weighted by Crippen LogP contribution is -2.37. The maximum Gasteiger partial charge on any atom is 0.276 e. The molecule has 5 heterocycles. The van der Waals surface area contributed by atoms with Crippen molar-refractivity contribution in [1.82, 2.24) is 35.0 Å². The summed E-state index contributed by atoms with van der Waals surface area (Å²) in [7, 11) is 1.96. The van der Waals surface area contributed by atoms with E-state index in [0.717, 1.165) is 52.7 Å². The van der Waals surface area contributed by atoms with Crippen LogP contribution >= 0.6 is 0 Å². The maximum atomic E-state index is 11.7. The summed E-state index contributed by atoms with van der Waals surface area (Å²) in [5.41, 5.74) is 6.01. The predicted octanol–water partition coefficient (Wildman–Crippen LogP) is 2.49. The first kappa shape index (κ1) is 26.1. The van der Waals surface area contributed by atoms with Crippen molar-refractivity contribution in [1.29, 1.82) is 0 Å². The van der Waals surface area contributed by atoms with Crippen LogP contribution < -0.4 is 10.4 Å². The van der Waals surface area contributed by atoms with Gasteiger partial charge in [0, 0.05) is 57.3 Å². The van der Waals surface area contributed by atoms with E-state index in [1.54, 1.807) is 30.0 Å². The molecule has 0 aliphatic carbocycles. The highest BCUT2D eigenvalue weighted by Gasteiger charge is 2.22. The number of imidazole rings is 1. The summed E-state index contributed by atoms with van der Waals surface area (Å²) in [4.78, 5) is 41.3. The number of amides is 1. The highest BCUT2D eigenvalue weighted by Crippen LogP contribution is 2.28. The first-order valence-electron chi connectivity index (χ1n) is 12.6. The molecule has 0 atom stereocenters. The predicted molar refractivity (Wildman–Crippen MR) is 146 cm³/mol. The molecule has 3 aromatic rings. The summed E-state index contributed by atoms with van der Waals surface area (Å²) < 4.78 is 7.55. The third-order valence-corrected chi connectivity index (χ3v) is 6.42. The Morgan fingerprint density at radius 2 is 1.90 bits per heavy atom. The van der Waals surface area contributed by atoms with Gasteiger partial charge in [0.05, 0.1) is 24.4 Å². The van der Waals surface area contributed by atoms with Gasteiger partial charge in [-0.05, 0) is 19.1 Å². The lowest BCUT2D eigenvalue weighted by Gasteiger charge is -2.28. The summed E-state index contributed by atoms with van der Waals surface area (Å²) in [5.74, 6) is 1.58. The number of hydrogen-bond acceptors (Lipinski definition) is 10. The number of hydrogen-bond donors (Lipinski definition) is 2. The number of anilines is 1. The molecular weight excluding hydrogens is 498 g/mol. The van der Waals surface area contributed by atoms with Gasteiger partial charge in [0.25, 0.3) is 5.91 Å². The number of aryl methyl sites for hydroxylation is 1. The molecule has 0 saturated carbocycles. The van der Waals surface area contributed by atoms with E-state index in [-0.39, 0.29) is 5.57 Å². The van der Waals surface area contributed by atoms with Crippen LogP contribution in [0.5, 0.6) is 0 Å². The fourth-order valence-electron chi connectivity index (χ4n) is 4.30. The van der Waals surface area contributed by atoms with Crippen molar-refractivity contribution in [2.45, 2.75) is 19.8 Å². The van der Waals surface area contributed by atoms with Gasteiger partial charge in [0.15, 0.2) is 22.8 Å². The molecule has 200 valence electrons. The molecule has 0 bridgehead atoms. The molecule has 3 aromatic heterocycles. The van der Waals surface area contributed by atoms with E-state index in [9.17, 15) is 4.79 Å². The Hall–Kier alpha value is -4.55. The highest BCUT2D eigenvalue weighted by molar-refractivity contribution is 6.00. The molecule has 2 N–H and O–H groups in total. The van der Waals surface area contributed by atoms with E-state index in [1.807, 2.05) is 30.7 Å². The summed E-state index contributed by atoms with van der Waals surface area (Å²) in [6.45, 7) is 4.75. The average Bonchev–Trinajstić information content (AvgIpc) is 3.28. The monoisotopic (exact) mass is 527 g/mol. The van der Waals surface area contributed by atoms with Crippen LogP contribution in [0.25, 0.3) is 22.6 Å². The van der Waals surface area contributed by atoms with Gasteiger partial charge in [0.2, 0.25) is 0 Å². The van der Waals surface area contributed by atoms with Gasteiger partial charge in [-0.3, -0.25) is 15.0 Å². The van der Waals surface area contributed by atoms with Crippen LogP contribution in [0.2, 0.25) is 0 Å². The smallest absolute Gasteiger partial charge is 0.276 e. The molecule has 5 rings (SSSR count). The van der Waals surface area contributed by atoms with E-state index in [0.29, 0.717) is 31.9 Å². The third kappa shape index (κ3) is 5.97. The SMILES string of the molecule is C/C(=C\Cc1nc2c(N3CCOCC3)nc(-c3cncnc3)nc2n1C)CC1=N/C=C(C(=O)NO)\C=C\C=C\1. The Morgan fingerprint density at radius 3 is 2.67 bits per heavy atom. The molecule has 12 heteroatoms. The minimum absolute atomic E-state index is 0.263. The fraction of sp³-hybridized carbons (Fsp3) is 0.296. The van der Waals surface area contributed by atoms with Crippen molar-refractivity contribution in [3.05, 3.63) is 72.3 Å². The summed E-state index contributed by atoms with van der Waals surface area (Å²) in [6.07, 6.45) is 16.7. The van der Waals surface area contributed by atoms with Crippen molar-refractivity contribution < 1.29 is 14.7 Å². The van der Waals surface area contributed by atoms with Crippen molar-refractivity contribution in [2.24, 2.45) is 12.0 Å². The number of morpholine rings is 1. The zero-order valence-electron chi connectivity index (χ0n) is 21.8. The zero-order chi connectivity index (χ0) is 27.2. The van der Waals surface area contributed by atoms with Crippen LogP contribution in [0.3, 0.4) is 0 Å². The Kier molecular flexibility index (Phi) is 7.94. The lowest BCUT2D eigenvalue weighted by atomic mass is 10.1. The number of ether oxygens (including phenoxy) is 1. The van der Waals surface area contributed by atoms with Gasteiger partial charge in [-0.15, -0.1) is 0 Å². The van der Waals surface area contributed by atoms with Crippen molar-refractivity contribution in [3.8, 4) is 11.4 Å². The standard InChI is InChI=1S/C27H29N9O3/c1-18(13-21-6-4-3-5-19(16-30-21)27(37)34-38)7-8-22-31-23-25(35(22)2)32-24(20-14-28-17-29-15-20)33-26(23)36-9-11-39-12-10-36/h3-7,14-17,38H,8-13H2,1-2H3,(H,34,37)/b4-3?,5-3+,6-4+,18-7+,19-5?,19-16+,21-6?,30-16?,30-21+. The maximum absolute atomic E-state index is 11.7. The Morgan fingerprint density at radius 1 is 1.13 bits per heavy atom. The Balaban J connectivity index is 1.43. The normalized spacial score (nSPS) is 20.4. The van der Waals surface area contributed by atoms with Crippen LogP contribution in [0.4, 0.5) is 5.82 Å². The molecular formula is C27H29N9O3. The van der Waals surface area contributed by atoms with Crippen molar-refractivity contribution in [2.75, 3.05) is 31.2 Å². The van der Waals surface area contributed by atoms with Crippen LogP contribution in [-0.4, -0.2) is 72.6 Å². The van der Waals surface area contributed by atoms with Crippen LogP contribution in [-0.2, 0) is 23.0 Å². The molecule has 1 saturated heterocycles. The van der Waals surface area contributed by atoms with E-state index < -0.39 is 5.91 Å². The highest BCUT2D eigenvalue weighted by atomic mass is 16.5. The summed E-state index contributed by atoms with van der Waals surface area (Å²) in [6, 6.07) is 0. The minimum atomic E-state index is -0.610. The van der Waals surface area contributed by atoms with Crippen LogP contribution in [0.15, 0.2) is 71.4 Å². The quantitative estimate of drug-likeness (QED) is 0.269. The Labute approximate surface area is 225 Å². The van der Waals surface area contributed by atoms with Crippen LogP contribution in [0.1, 0.15) is 19.2 Å². The topological polar surface area (TPSA) is 144 Å². The van der Waals surface area contributed by atoms with Crippen molar-refractivity contribution >= 4 is 28.6 Å². The molecule has 1 amide bonds. The molecule has 39 heavy (non-hydrogen) atoms. The van der Waals surface area contributed by atoms with Crippen LogP contribution in [0, 0.1) is 0 Å². The first-order chi connectivity index (χ1) is 19.0. The van der Waals surface area contributed by atoms with E-state index >= 15 is 0 Å². The van der Waals surface area contributed by atoms with Gasteiger partial charge < -0.3 is 14.2 Å². The lowest BCUT2D eigenvalue weighted by molar-refractivity contribution is -0.124. The number of aliphatic imine (C=N–C) groups is 1. The second kappa shape index (κ2) is 11.9. The summed E-state index contributed by atoms with van der Waals surface area (Å²) in [5, 5.41) is 8.90. The van der Waals surface area contributed by atoms with E-state index in [4.69, 9.17) is 24.9 Å². The van der Waals surface area contributed by atoms with Crippen molar-refractivity contribution in [3.63, 3.8) is 0 Å². The number of allylic oxidation sites excluding steroid dienone is 5. The van der Waals surface area contributed by atoms with Gasteiger partial charge in [-0.25, -0.2) is 30.4 Å².